The second-order valence-corrected chi connectivity index (χ2v) is 8.18. The monoisotopic (exact) mass is 416 g/mol. The molecule has 6 heteroatoms. The number of carbonyl (C=O) groups is 1. The smallest absolute Gasteiger partial charge is 0.269 e. The van der Waals surface area contributed by atoms with E-state index in [0.29, 0.717) is 19.6 Å². The molecule has 1 aromatic heterocycles. The molecule has 3 aromatic rings. The molecule has 1 saturated heterocycles. The minimum Gasteiger partial charge on any atom is -0.369 e. The number of aromatic nitrogens is 2. The van der Waals surface area contributed by atoms with Gasteiger partial charge in [0.15, 0.2) is 0 Å². The Morgan fingerprint density at radius 3 is 2.61 bits per heavy atom. The van der Waals surface area contributed by atoms with Crippen LogP contribution in [0.1, 0.15) is 29.5 Å². The van der Waals surface area contributed by atoms with E-state index in [1.807, 2.05) is 49.4 Å². The fourth-order valence-electron chi connectivity index (χ4n) is 3.94. The molecule has 2 heterocycles. The van der Waals surface area contributed by atoms with Crippen molar-refractivity contribution in [2.45, 2.75) is 32.9 Å². The van der Waals surface area contributed by atoms with Crippen LogP contribution in [0.5, 0.6) is 0 Å². The highest BCUT2D eigenvalue weighted by atomic mass is 16.2. The van der Waals surface area contributed by atoms with Gasteiger partial charge < -0.3 is 10.2 Å². The van der Waals surface area contributed by atoms with Crippen LogP contribution in [-0.2, 0) is 17.9 Å². The molecule has 1 aliphatic heterocycles. The predicted octanol–water partition coefficient (Wildman–Crippen LogP) is 3.13. The molecular formula is C25H28N4O2. The molecule has 0 bridgehead atoms. The van der Waals surface area contributed by atoms with Crippen LogP contribution in [0.3, 0.4) is 0 Å². The lowest BCUT2D eigenvalue weighted by atomic mass is 9.96. The van der Waals surface area contributed by atoms with Crippen molar-refractivity contribution in [3.05, 3.63) is 93.9 Å². The number of rotatable bonds is 6. The van der Waals surface area contributed by atoms with Crippen molar-refractivity contribution < 1.29 is 4.79 Å². The van der Waals surface area contributed by atoms with Gasteiger partial charge in [-0.2, -0.15) is 5.10 Å². The van der Waals surface area contributed by atoms with E-state index in [0.717, 1.165) is 36.2 Å². The SMILES string of the molecule is Cc1ccc(CNC(=O)C2CCCN(c3cnn(Cc4ccccc4)c(=O)c3)C2)cc1. The van der Waals surface area contributed by atoms with Gasteiger partial charge in [-0.25, -0.2) is 4.68 Å². The highest BCUT2D eigenvalue weighted by Gasteiger charge is 2.26. The molecule has 4 rings (SSSR count). The van der Waals surface area contributed by atoms with Gasteiger partial charge in [-0.15, -0.1) is 0 Å². The van der Waals surface area contributed by atoms with Crippen LogP contribution in [0.25, 0.3) is 0 Å². The number of nitrogens with zero attached hydrogens (tertiary/aromatic N) is 3. The van der Waals surface area contributed by atoms with E-state index in [2.05, 4.69) is 27.4 Å². The lowest BCUT2D eigenvalue weighted by molar-refractivity contribution is -0.125. The highest BCUT2D eigenvalue weighted by Crippen LogP contribution is 2.22. The molecule has 1 aliphatic rings. The number of aryl methyl sites for hydroxylation is 1. The van der Waals surface area contributed by atoms with Gasteiger partial charge in [0, 0.05) is 25.7 Å². The maximum Gasteiger partial charge on any atom is 0.269 e. The molecular weight excluding hydrogens is 388 g/mol. The van der Waals surface area contributed by atoms with E-state index in [-0.39, 0.29) is 17.4 Å². The van der Waals surface area contributed by atoms with Gasteiger partial charge in [-0.1, -0.05) is 60.2 Å². The topological polar surface area (TPSA) is 67.2 Å². The predicted molar refractivity (Wildman–Crippen MR) is 122 cm³/mol. The zero-order valence-electron chi connectivity index (χ0n) is 17.8. The summed E-state index contributed by atoms with van der Waals surface area (Å²) in [5, 5.41) is 7.42. The fourth-order valence-corrected chi connectivity index (χ4v) is 3.94. The van der Waals surface area contributed by atoms with E-state index in [4.69, 9.17) is 0 Å². The second-order valence-electron chi connectivity index (χ2n) is 8.18. The van der Waals surface area contributed by atoms with Crippen LogP contribution in [0.2, 0.25) is 0 Å². The minimum absolute atomic E-state index is 0.0654. The summed E-state index contributed by atoms with van der Waals surface area (Å²) < 4.78 is 1.47. The maximum absolute atomic E-state index is 12.7. The van der Waals surface area contributed by atoms with Crippen molar-refractivity contribution in [3.63, 3.8) is 0 Å². The summed E-state index contributed by atoms with van der Waals surface area (Å²) >= 11 is 0. The number of benzene rings is 2. The van der Waals surface area contributed by atoms with Crippen LogP contribution in [0, 0.1) is 12.8 Å². The van der Waals surface area contributed by atoms with Gasteiger partial charge in [0.05, 0.1) is 24.3 Å². The molecule has 6 nitrogen and oxygen atoms in total. The molecule has 1 atom stereocenters. The first-order valence-electron chi connectivity index (χ1n) is 10.8. The third-order valence-corrected chi connectivity index (χ3v) is 5.77. The lowest BCUT2D eigenvalue weighted by Crippen LogP contribution is -2.43. The fraction of sp³-hybridized carbons (Fsp3) is 0.320. The van der Waals surface area contributed by atoms with Crippen molar-refractivity contribution >= 4 is 11.6 Å². The van der Waals surface area contributed by atoms with Crippen LogP contribution in [0.4, 0.5) is 5.69 Å². The second kappa shape index (κ2) is 9.60. The Morgan fingerprint density at radius 2 is 1.87 bits per heavy atom. The normalized spacial score (nSPS) is 16.2. The number of hydrogen-bond donors (Lipinski definition) is 1. The Hall–Kier alpha value is -3.41. The summed E-state index contributed by atoms with van der Waals surface area (Å²) in [5.74, 6) is -0.0263. The molecule has 1 amide bonds. The van der Waals surface area contributed by atoms with Crippen molar-refractivity contribution in [2.75, 3.05) is 18.0 Å². The molecule has 2 aromatic carbocycles. The van der Waals surface area contributed by atoms with Crippen molar-refractivity contribution in [3.8, 4) is 0 Å². The van der Waals surface area contributed by atoms with Crippen LogP contribution < -0.4 is 15.8 Å². The highest BCUT2D eigenvalue weighted by molar-refractivity contribution is 5.79. The third-order valence-electron chi connectivity index (χ3n) is 5.77. The molecule has 1 N–H and O–H groups in total. The van der Waals surface area contributed by atoms with E-state index in [9.17, 15) is 9.59 Å². The number of piperidine rings is 1. The van der Waals surface area contributed by atoms with E-state index in [1.54, 1.807) is 12.3 Å². The van der Waals surface area contributed by atoms with Gasteiger partial charge >= 0.3 is 0 Å². The molecule has 160 valence electrons. The summed E-state index contributed by atoms with van der Waals surface area (Å²) in [6.45, 7) is 4.46. The Bertz CT molecular complexity index is 1080. The molecule has 0 spiro atoms. The summed E-state index contributed by atoms with van der Waals surface area (Å²) in [5.41, 5.74) is 3.99. The van der Waals surface area contributed by atoms with Gasteiger partial charge in [-0.3, -0.25) is 9.59 Å². The molecule has 0 aliphatic carbocycles. The molecule has 0 saturated carbocycles. The van der Waals surface area contributed by atoms with Gasteiger partial charge in [0.2, 0.25) is 5.91 Å². The maximum atomic E-state index is 12.7. The Morgan fingerprint density at radius 1 is 1.10 bits per heavy atom. The van der Waals surface area contributed by atoms with E-state index < -0.39 is 0 Å². The number of nitrogens with one attached hydrogen (secondary N) is 1. The van der Waals surface area contributed by atoms with Crippen molar-refractivity contribution in [2.24, 2.45) is 5.92 Å². The average molecular weight is 417 g/mol. The molecule has 1 fully saturated rings. The molecule has 31 heavy (non-hydrogen) atoms. The Kier molecular flexibility index (Phi) is 6.46. The molecule has 1 unspecified atom stereocenters. The zero-order chi connectivity index (χ0) is 21.6. The quantitative estimate of drug-likeness (QED) is 0.670. The first-order valence-corrected chi connectivity index (χ1v) is 10.8. The Balaban J connectivity index is 1.37. The number of hydrogen-bond acceptors (Lipinski definition) is 4. The average Bonchev–Trinajstić information content (AvgIpc) is 2.80. The first kappa shape index (κ1) is 20.8. The number of carbonyl (C=O) groups excluding carboxylic acids is 1. The molecule has 0 radical (unpaired) electrons. The summed E-state index contributed by atoms with van der Waals surface area (Å²) in [6.07, 6.45) is 3.50. The Labute approximate surface area is 182 Å². The first-order chi connectivity index (χ1) is 15.1. The summed E-state index contributed by atoms with van der Waals surface area (Å²) in [7, 11) is 0. The van der Waals surface area contributed by atoms with E-state index in [1.165, 1.54) is 10.2 Å². The van der Waals surface area contributed by atoms with Crippen molar-refractivity contribution in [1.29, 1.82) is 0 Å². The van der Waals surface area contributed by atoms with Crippen molar-refractivity contribution in [1.82, 2.24) is 15.1 Å². The van der Waals surface area contributed by atoms with Gasteiger partial charge in [-0.05, 0) is 30.9 Å². The van der Waals surface area contributed by atoms with Crippen LogP contribution in [-0.4, -0.2) is 28.8 Å². The number of anilines is 1. The largest absolute Gasteiger partial charge is 0.369 e. The minimum atomic E-state index is -0.132. The van der Waals surface area contributed by atoms with Crippen LogP contribution in [0.15, 0.2) is 71.7 Å². The van der Waals surface area contributed by atoms with E-state index >= 15 is 0 Å². The van der Waals surface area contributed by atoms with Gasteiger partial charge in [0.25, 0.3) is 5.56 Å². The summed E-state index contributed by atoms with van der Waals surface area (Å²) in [6, 6.07) is 19.6. The number of amides is 1. The standard InChI is InChI=1S/C25H28N4O2/c1-19-9-11-20(12-10-19)15-26-25(31)22-8-5-13-28(18-22)23-14-24(30)29(27-16-23)17-21-6-3-2-4-7-21/h2-4,6-7,9-12,14,16,22H,5,8,13,15,17-18H2,1H3,(H,26,31). The van der Waals surface area contributed by atoms with Gasteiger partial charge in [0.1, 0.15) is 0 Å². The zero-order valence-corrected chi connectivity index (χ0v) is 17.8. The lowest BCUT2D eigenvalue weighted by Gasteiger charge is -2.33. The third kappa shape index (κ3) is 5.40. The summed E-state index contributed by atoms with van der Waals surface area (Å²) in [4.78, 5) is 27.4. The van der Waals surface area contributed by atoms with Crippen LogP contribution >= 0.6 is 0 Å².